The maximum Gasteiger partial charge on any atom is 0.340 e. The Bertz CT molecular complexity index is 1230. The van der Waals surface area contributed by atoms with Gasteiger partial charge in [0, 0.05) is 55.9 Å². The lowest BCUT2D eigenvalue weighted by molar-refractivity contribution is -0.132. The summed E-state index contributed by atoms with van der Waals surface area (Å²) in [4.78, 5) is 29.8. The number of hydrogen-bond acceptors (Lipinski definition) is 6. The fraction of sp³-hybridized carbons (Fsp3) is 0.375. The number of ether oxygens (including phenoxy) is 1. The van der Waals surface area contributed by atoms with E-state index in [-0.39, 0.29) is 12.3 Å². The summed E-state index contributed by atoms with van der Waals surface area (Å²) < 4.78 is 11.2. The van der Waals surface area contributed by atoms with Crippen molar-refractivity contribution in [1.29, 1.82) is 0 Å². The average molecular weight is 471 g/mol. The lowest BCUT2D eigenvalue weighted by atomic mass is 10.0. The highest BCUT2D eigenvalue weighted by atomic mass is 35.5. The van der Waals surface area contributed by atoms with Crippen LogP contribution >= 0.6 is 11.6 Å². The maximum absolute atomic E-state index is 13.0. The van der Waals surface area contributed by atoms with E-state index in [0.29, 0.717) is 52.6 Å². The number of fused-ring (bicyclic) bond motifs is 1. The Kier molecular flexibility index (Phi) is 6.85. The molecule has 0 saturated carbocycles. The van der Waals surface area contributed by atoms with Gasteiger partial charge in [-0.15, -0.1) is 0 Å². The number of rotatable bonds is 7. The Morgan fingerprint density at radius 3 is 2.73 bits per heavy atom. The van der Waals surface area contributed by atoms with Gasteiger partial charge in [0.25, 0.3) is 0 Å². The first-order valence-electron chi connectivity index (χ1n) is 10.8. The first-order chi connectivity index (χ1) is 15.8. The van der Waals surface area contributed by atoms with Gasteiger partial charge in [-0.2, -0.15) is 5.10 Å². The lowest BCUT2D eigenvalue weighted by Gasteiger charge is -2.34. The number of aromatic nitrogens is 2. The molecule has 0 aliphatic carbocycles. The summed E-state index contributed by atoms with van der Waals surface area (Å²) in [5.41, 5.74) is 2.88. The minimum atomic E-state index is -0.514. The van der Waals surface area contributed by atoms with Crippen molar-refractivity contribution in [3.05, 3.63) is 68.8 Å². The van der Waals surface area contributed by atoms with E-state index >= 15 is 0 Å². The van der Waals surface area contributed by atoms with Gasteiger partial charge < -0.3 is 14.1 Å². The standard InChI is InChI=1S/C24H27ClN4O4/c1-15(2)14-32-22-10-21-18(8-20(22)25)16(3)19(24(31)33-21)9-23(30)29-6-4-28(5-7-29)13-17-11-26-27-12-17/h8,10-12H,1,4-7,9,13-14H2,2-3H3,(H,26,27). The smallest absolute Gasteiger partial charge is 0.340 e. The van der Waals surface area contributed by atoms with Crippen molar-refractivity contribution in [3.8, 4) is 5.75 Å². The molecule has 0 atom stereocenters. The number of amides is 1. The summed E-state index contributed by atoms with van der Waals surface area (Å²) in [5.74, 6) is 0.340. The predicted octanol–water partition coefficient (Wildman–Crippen LogP) is 3.32. The topological polar surface area (TPSA) is 91.7 Å². The Hall–Kier alpha value is -3.10. The summed E-state index contributed by atoms with van der Waals surface area (Å²) >= 11 is 6.38. The third-order valence-corrected chi connectivity index (χ3v) is 6.12. The van der Waals surface area contributed by atoms with Crippen LogP contribution in [0.2, 0.25) is 5.02 Å². The van der Waals surface area contributed by atoms with Gasteiger partial charge in [-0.3, -0.25) is 14.8 Å². The van der Waals surface area contributed by atoms with Crippen LogP contribution < -0.4 is 10.4 Å². The van der Waals surface area contributed by atoms with E-state index in [2.05, 4.69) is 21.7 Å². The third kappa shape index (κ3) is 5.29. The molecule has 9 heteroatoms. The minimum Gasteiger partial charge on any atom is -0.488 e. The fourth-order valence-electron chi connectivity index (χ4n) is 3.95. The largest absolute Gasteiger partial charge is 0.488 e. The highest BCUT2D eigenvalue weighted by molar-refractivity contribution is 6.32. The number of carbonyl (C=O) groups is 1. The molecule has 33 heavy (non-hydrogen) atoms. The van der Waals surface area contributed by atoms with Gasteiger partial charge in [0.2, 0.25) is 5.91 Å². The molecule has 3 heterocycles. The van der Waals surface area contributed by atoms with Gasteiger partial charge in [0.1, 0.15) is 17.9 Å². The number of aromatic amines is 1. The molecule has 3 aromatic rings. The Labute approximate surface area is 196 Å². The van der Waals surface area contributed by atoms with Crippen molar-refractivity contribution in [2.24, 2.45) is 0 Å². The number of halogens is 1. The highest BCUT2D eigenvalue weighted by Gasteiger charge is 2.24. The zero-order valence-electron chi connectivity index (χ0n) is 18.8. The third-order valence-electron chi connectivity index (χ3n) is 5.83. The molecule has 1 fully saturated rings. The van der Waals surface area contributed by atoms with Crippen LogP contribution in [0.25, 0.3) is 11.0 Å². The van der Waals surface area contributed by atoms with Crippen molar-refractivity contribution in [1.82, 2.24) is 20.0 Å². The van der Waals surface area contributed by atoms with Crippen LogP contribution in [0, 0.1) is 6.92 Å². The summed E-state index contributed by atoms with van der Waals surface area (Å²) in [6.07, 6.45) is 3.68. The van der Waals surface area contributed by atoms with Crippen molar-refractivity contribution < 1.29 is 13.9 Å². The van der Waals surface area contributed by atoms with Crippen LogP contribution in [-0.4, -0.2) is 58.7 Å². The van der Waals surface area contributed by atoms with E-state index in [0.717, 1.165) is 30.8 Å². The van der Waals surface area contributed by atoms with Gasteiger partial charge in [-0.1, -0.05) is 18.2 Å². The number of aryl methyl sites for hydroxylation is 1. The molecule has 174 valence electrons. The summed E-state index contributed by atoms with van der Waals surface area (Å²) in [6.45, 7) is 11.3. The normalized spacial score (nSPS) is 14.6. The van der Waals surface area contributed by atoms with Crippen LogP contribution in [0.3, 0.4) is 0 Å². The second-order valence-electron chi connectivity index (χ2n) is 8.46. The Morgan fingerprint density at radius 1 is 1.30 bits per heavy atom. The summed E-state index contributed by atoms with van der Waals surface area (Å²) in [5, 5.41) is 7.88. The fourth-order valence-corrected chi connectivity index (χ4v) is 4.16. The first kappa shape index (κ1) is 23.1. The molecular weight excluding hydrogens is 444 g/mol. The number of hydrogen-bond donors (Lipinski definition) is 1. The van der Waals surface area contributed by atoms with Gasteiger partial charge in [0.15, 0.2) is 0 Å². The lowest BCUT2D eigenvalue weighted by Crippen LogP contribution is -2.49. The molecule has 4 rings (SSSR count). The number of nitrogens with zero attached hydrogens (tertiary/aromatic N) is 3. The minimum absolute atomic E-state index is 0.00261. The monoisotopic (exact) mass is 470 g/mol. The van der Waals surface area contributed by atoms with Gasteiger partial charge in [-0.05, 0) is 31.1 Å². The molecule has 1 aromatic carbocycles. The van der Waals surface area contributed by atoms with Gasteiger partial charge >= 0.3 is 5.63 Å². The number of H-pyrrole nitrogens is 1. The van der Waals surface area contributed by atoms with Crippen LogP contribution in [0.5, 0.6) is 5.75 Å². The molecule has 1 N–H and O–H groups in total. The SMILES string of the molecule is C=C(C)COc1cc2oc(=O)c(CC(=O)N3CCN(Cc4cn[nH]c4)CC3)c(C)c2cc1Cl. The predicted molar refractivity (Wildman–Crippen MR) is 127 cm³/mol. The van der Waals surface area contributed by atoms with E-state index in [4.69, 9.17) is 20.8 Å². The summed E-state index contributed by atoms with van der Waals surface area (Å²) in [7, 11) is 0. The van der Waals surface area contributed by atoms with Crippen molar-refractivity contribution in [2.75, 3.05) is 32.8 Å². The molecular formula is C24H27ClN4O4. The number of carbonyl (C=O) groups excluding carboxylic acids is 1. The molecule has 1 aliphatic heterocycles. The zero-order chi connectivity index (χ0) is 23.5. The van der Waals surface area contributed by atoms with Crippen molar-refractivity contribution >= 4 is 28.5 Å². The van der Waals surface area contributed by atoms with Crippen LogP contribution in [0.4, 0.5) is 0 Å². The maximum atomic E-state index is 13.0. The van der Waals surface area contributed by atoms with E-state index in [1.54, 1.807) is 23.2 Å². The quantitative estimate of drug-likeness (QED) is 0.420. The number of nitrogens with one attached hydrogen (secondary N) is 1. The van der Waals surface area contributed by atoms with E-state index in [9.17, 15) is 9.59 Å². The van der Waals surface area contributed by atoms with E-state index in [1.165, 1.54) is 0 Å². The van der Waals surface area contributed by atoms with E-state index < -0.39 is 5.63 Å². The Morgan fingerprint density at radius 2 is 2.06 bits per heavy atom. The molecule has 1 saturated heterocycles. The molecule has 2 aromatic heterocycles. The second kappa shape index (κ2) is 9.80. The van der Waals surface area contributed by atoms with Gasteiger partial charge in [0.05, 0.1) is 23.2 Å². The molecule has 0 spiro atoms. The molecule has 1 amide bonds. The molecule has 0 radical (unpaired) electrons. The van der Waals surface area contributed by atoms with Crippen molar-refractivity contribution in [3.63, 3.8) is 0 Å². The highest BCUT2D eigenvalue weighted by Crippen LogP contribution is 2.32. The van der Waals surface area contributed by atoms with Crippen LogP contribution in [0.15, 0.2) is 45.9 Å². The summed E-state index contributed by atoms with van der Waals surface area (Å²) in [6, 6.07) is 3.32. The molecule has 0 unspecified atom stereocenters. The molecule has 8 nitrogen and oxygen atoms in total. The number of benzene rings is 1. The van der Waals surface area contributed by atoms with Crippen LogP contribution in [-0.2, 0) is 17.8 Å². The molecule has 1 aliphatic rings. The number of piperazine rings is 1. The van der Waals surface area contributed by atoms with E-state index in [1.807, 2.05) is 20.0 Å². The molecule has 0 bridgehead atoms. The first-order valence-corrected chi connectivity index (χ1v) is 11.2. The van der Waals surface area contributed by atoms with Crippen LogP contribution in [0.1, 0.15) is 23.6 Å². The van der Waals surface area contributed by atoms with Crippen molar-refractivity contribution in [2.45, 2.75) is 26.8 Å². The van der Waals surface area contributed by atoms with Gasteiger partial charge in [-0.25, -0.2) is 4.79 Å². The Balaban J connectivity index is 1.46. The zero-order valence-corrected chi connectivity index (χ0v) is 19.6. The second-order valence-corrected chi connectivity index (χ2v) is 8.87. The average Bonchev–Trinajstić information content (AvgIpc) is 3.29.